The molecule has 1 unspecified atom stereocenters. The van der Waals surface area contributed by atoms with Gasteiger partial charge < -0.3 is 10.2 Å². The van der Waals surface area contributed by atoms with Crippen LogP contribution >= 0.6 is 0 Å². The lowest BCUT2D eigenvalue weighted by Gasteiger charge is -2.34. The third kappa shape index (κ3) is 4.07. The lowest BCUT2D eigenvalue weighted by atomic mass is 9.98. The Hall–Kier alpha value is -2.63. The van der Waals surface area contributed by atoms with Gasteiger partial charge in [0.2, 0.25) is 5.91 Å². The van der Waals surface area contributed by atoms with E-state index in [1.165, 1.54) is 4.68 Å². The second-order valence-electron chi connectivity index (χ2n) is 6.58. The van der Waals surface area contributed by atoms with Gasteiger partial charge in [-0.25, -0.2) is 4.68 Å². The molecular weight excluding hydrogens is 316 g/mol. The molecule has 1 aliphatic heterocycles. The van der Waals surface area contributed by atoms with E-state index in [-0.39, 0.29) is 23.4 Å². The van der Waals surface area contributed by atoms with Crippen LogP contribution < -0.4 is 15.8 Å². The average molecular weight is 340 g/mol. The molecule has 25 heavy (non-hydrogen) atoms. The van der Waals surface area contributed by atoms with E-state index < -0.39 is 0 Å². The van der Waals surface area contributed by atoms with Crippen LogP contribution in [0.2, 0.25) is 0 Å². The van der Waals surface area contributed by atoms with Crippen molar-refractivity contribution in [1.82, 2.24) is 15.1 Å². The van der Waals surface area contributed by atoms with Gasteiger partial charge in [-0.3, -0.25) is 9.59 Å². The Morgan fingerprint density at radius 1 is 1.24 bits per heavy atom. The second-order valence-corrected chi connectivity index (χ2v) is 6.58. The molecule has 1 amide bonds. The minimum absolute atomic E-state index is 0.0693. The van der Waals surface area contributed by atoms with Gasteiger partial charge in [0.05, 0.1) is 17.8 Å². The number of nitrogens with zero attached hydrogens (tertiary/aromatic N) is 3. The van der Waals surface area contributed by atoms with Crippen molar-refractivity contribution in [3.63, 3.8) is 0 Å². The highest BCUT2D eigenvalue weighted by molar-refractivity contribution is 5.83. The normalized spacial score (nSPS) is 16.5. The monoisotopic (exact) mass is 340 g/mol. The van der Waals surface area contributed by atoms with Gasteiger partial charge in [0.15, 0.2) is 0 Å². The Balaban J connectivity index is 1.54. The van der Waals surface area contributed by atoms with Crippen LogP contribution in [0.4, 0.5) is 5.69 Å². The summed E-state index contributed by atoms with van der Waals surface area (Å²) in [6.07, 6.45) is 3.45. The molecule has 0 spiro atoms. The summed E-state index contributed by atoms with van der Waals surface area (Å²) >= 11 is 0. The minimum atomic E-state index is -0.152. The van der Waals surface area contributed by atoms with Gasteiger partial charge in [0.1, 0.15) is 0 Å². The summed E-state index contributed by atoms with van der Waals surface area (Å²) in [6, 6.07) is 11.6. The van der Waals surface area contributed by atoms with Crippen molar-refractivity contribution in [2.24, 2.45) is 7.05 Å². The highest BCUT2D eigenvalue weighted by Crippen LogP contribution is 2.19. The molecule has 2 aromatic rings. The molecule has 2 heterocycles. The minimum Gasteiger partial charge on any atom is -0.370 e. The third-order valence-electron chi connectivity index (χ3n) is 4.85. The van der Waals surface area contributed by atoms with Crippen molar-refractivity contribution in [1.29, 1.82) is 0 Å². The molecule has 1 atom stereocenters. The van der Waals surface area contributed by atoms with E-state index in [0.29, 0.717) is 0 Å². The molecule has 1 aromatic heterocycles. The summed E-state index contributed by atoms with van der Waals surface area (Å²) in [5, 5.41) is 7.23. The molecule has 1 aliphatic rings. The van der Waals surface area contributed by atoms with E-state index in [2.05, 4.69) is 15.3 Å². The third-order valence-corrected chi connectivity index (χ3v) is 4.85. The van der Waals surface area contributed by atoms with Gasteiger partial charge in [-0.15, -0.1) is 0 Å². The van der Waals surface area contributed by atoms with Crippen molar-refractivity contribution in [3.05, 3.63) is 58.5 Å². The number of nitrogens with one attached hydrogen (secondary N) is 1. The Morgan fingerprint density at radius 3 is 2.56 bits per heavy atom. The van der Waals surface area contributed by atoms with E-state index in [0.717, 1.165) is 37.2 Å². The molecule has 1 fully saturated rings. The van der Waals surface area contributed by atoms with Crippen LogP contribution in [-0.4, -0.2) is 34.8 Å². The van der Waals surface area contributed by atoms with Crippen LogP contribution in [0.1, 0.15) is 31.2 Å². The summed E-state index contributed by atoms with van der Waals surface area (Å²) < 4.78 is 1.32. The van der Waals surface area contributed by atoms with Gasteiger partial charge >= 0.3 is 0 Å². The fourth-order valence-electron chi connectivity index (χ4n) is 3.13. The number of anilines is 1. The summed E-state index contributed by atoms with van der Waals surface area (Å²) in [5.41, 5.74) is 1.78. The Labute approximate surface area is 147 Å². The number of rotatable bonds is 4. The topological polar surface area (TPSA) is 67.2 Å². The molecule has 0 aliphatic carbocycles. The van der Waals surface area contributed by atoms with E-state index in [9.17, 15) is 9.59 Å². The SMILES string of the molecule is CC(C(=O)NC1CCN(c2cnn(C)c(=O)c2)CC1)c1ccccc1. The van der Waals surface area contributed by atoms with E-state index in [1.807, 2.05) is 37.3 Å². The largest absolute Gasteiger partial charge is 0.370 e. The number of hydrogen-bond donors (Lipinski definition) is 1. The van der Waals surface area contributed by atoms with E-state index in [4.69, 9.17) is 0 Å². The zero-order valence-electron chi connectivity index (χ0n) is 14.7. The Morgan fingerprint density at radius 2 is 1.92 bits per heavy atom. The summed E-state index contributed by atoms with van der Waals surface area (Å²) in [7, 11) is 1.64. The number of aryl methyl sites for hydroxylation is 1. The lowest BCUT2D eigenvalue weighted by molar-refractivity contribution is -0.123. The first-order valence-corrected chi connectivity index (χ1v) is 8.68. The van der Waals surface area contributed by atoms with Crippen LogP contribution in [0.25, 0.3) is 0 Å². The molecule has 132 valence electrons. The lowest BCUT2D eigenvalue weighted by Crippen LogP contribution is -2.46. The maximum Gasteiger partial charge on any atom is 0.268 e. The molecule has 0 bridgehead atoms. The predicted octanol–water partition coefficient (Wildman–Crippen LogP) is 1.67. The molecule has 3 rings (SSSR count). The number of piperidine rings is 1. The zero-order chi connectivity index (χ0) is 17.8. The molecule has 1 saturated heterocycles. The maximum atomic E-state index is 12.5. The van der Waals surface area contributed by atoms with Crippen molar-refractivity contribution in [3.8, 4) is 0 Å². The van der Waals surface area contributed by atoms with Crippen LogP contribution in [0.15, 0.2) is 47.4 Å². The first kappa shape index (κ1) is 17.2. The van der Waals surface area contributed by atoms with Crippen LogP contribution in [0.5, 0.6) is 0 Å². The fraction of sp³-hybridized carbons (Fsp3) is 0.421. The molecule has 0 saturated carbocycles. The van der Waals surface area contributed by atoms with Gasteiger partial charge in [0, 0.05) is 32.2 Å². The second kappa shape index (κ2) is 7.51. The van der Waals surface area contributed by atoms with Gasteiger partial charge in [-0.2, -0.15) is 5.10 Å². The fourth-order valence-corrected chi connectivity index (χ4v) is 3.13. The molecular formula is C19H24N4O2. The van der Waals surface area contributed by atoms with E-state index in [1.54, 1.807) is 19.3 Å². The average Bonchev–Trinajstić information content (AvgIpc) is 2.64. The summed E-state index contributed by atoms with van der Waals surface area (Å²) in [4.78, 5) is 26.3. The smallest absolute Gasteiger partial charge is 0.268 e. The quantitative estimate of drug-likeness (QED) is 0.919. The predicted molar refractivity (Wildman–Crippen MR) is 97.7 cm³/mol. The Bertz CT molecular complexity index is 780. The molecule has 6 heteroatoms. The number of carbonyl (C=O) groups excluding carboxylic acids is 1. The number of aromatic nitrogens is 2. The highest BCUT2D eigenvalue weighted by atomic mass is 16.2. The molecule has 1 N–H and O–H groups in total. The first-order valence-electron chi connectivity index (χ1n) is 8.68. The number of benzene rings is 1. The first-order chi connectivity index (χ1) is 12.0. The molecule has 1 aromatic carbocycles. The van der Waals surface area contributed by atoms with Crippen molar-refractivity contribution in [2.75, 3.05) is 18.0 Å². The van der Waals surface area contributed by atoms with Crippen molar-refractivity contribution < 1.29 is 4.79 Å². The van der Waals surface area contributed by atoms with Gasteiger partial charge in [0.25, 0.3) is 5.56 Å². The summed E-state index contributed by atoms with van der Waals surface area (Å²) in [5.74, 6) is -0.0829. The Kier molecular flexibility index (Phi) is 5.16. The van der Waals surface area contributed by atoms with Crippen molar-refractivity contribution in [2.45, 2.75) is 31.7 Å². The van der Waals surface area contributed by atoms with Crippen LogP contribution in [-0.2, 0) is 11.8 Å². The number of amides is 1. The zero-order valence-corrected chi connectivity index (χ0v) is 14.7. The standard InChI is InChI=1S/C19H24N4O2/c1-14(15-6-4-3-5-7-15)19(25)21-16-8-10-23(11-9-16)17-12-18(24)22(2)20-13-17/h3-7,12-14,16H,8-11H2,1-2H3,(H,21,25). The van der Waals surface area contributed by atoms with Crippen LogP contribution in [0.3, 0.4) is 0 Å². The summed E-state index contributed by atoms with van der Waals surface area (Å²) in [6.45, 7) is 3.55. The molecule has 6 nitrogen and oxygen atoms in total. The molecule has 0 radical (unpaired) electrons. The van der Waals surface area contributed by atoms with E-state index >= 15 is 0 Å². The van der Waals surface area contributed by atoms with Gasteiger partial charge in [-0.1, -0.05) is 30.3 Å². The number of carbonyl (C=O) groups is 1. The maximum absolute atomic E-state index is 12.5. The van der Waals surface area contributed by atoms with Gasteiger partial charge in [-0.05, 0) is 25.3 Å². The number of hydrogen-bond acceptors (Lipinski definition) is 4. The van der Waals surface area contributed by atoms with Crippen LogP contribution in [0, 0.1) is 0 Å². The van der Waals surface area contributed by atoms with Crippen molar-refractivity contribution >= 4 is 11.6 Å². The highest BCUT2D eigenvalue weighted by Gasteiger charge is 2.23.